The predicted octanol–water partition coefficient (Wildman–Crippen LogP) is 3.43. The fourth-order valence-corrected chi connectivity index (χ4v) is 2.22. The van der Waals surface area contributed by atoms with Crippen LogP contribution in [-0.2, 0) is 15.9 Å². The second-order valence-electron chi connectivity index (χ2n) is 8.05. The largest absolute Gasteiger partial charge is 0.497 e. The molecule has 0 amide bonds. The lowest BCUT2D eigenvalue weighted by Crippen LogP contribution is -2.41. The zero-order valence-corrected chi connectivity index (χ0v) is 15.9. The first-order chi connectivity index (χ1) is 9.91. The lowest BCUT2D eigenvalue weighted by atomic mass is 9.78. The monoisotopic (exact) mass is 343 g/mol. The lowest BCUT2D eigenvalue weighted by molar-refractivity contribution is 0.00578. The van der Waals surface area contributed by atoms with Gasteiger partial charge in [0.25, 0.3) is 0 Å². The minimum atomic E-state index is -0.667. The zero-order chi connectivity index (χ0) is 16.8. The standard InChI is InChI=1S/C17H27BFNO2.ClH/c1-15(2,3)20-11-12-8-9-14(19)13(10-12)18-21-16(4,5)17(6,7)22-18;/h8-10,20H,11H2,1-7H3;1H. The summed E-state index contributed by atoms with van der Waals surface area (Å²) in [7, 11) is -0.667. The Kier molecular flexibility index (Phi) is 5.96. The molecule has 0 aliphatic carbocycles. The molecule has 1 aromatic carbocycles. The first-order valence-corrected chi connectivity index (χ1v) is 7.80. The minimum absolute atomic E-state index is 0. The molecule has 1 aromatic rings. The number of halogens is 2. The summed E-state index contributed by atoms with van der Waals surface area (Å²) in [6.07, 6.45) is 0. The molecule has 2 rings (SSSR count). The van der Waals surface area contributed by atoms with Crippen LogP contribution < -0.4 is 10.8 Å². The van der Waals surface area contributed by atoms with Gasteiger partial charge in [0.1, 0.15) is 5.82 Å². The van der Waals surface area contributed by atoms with Crippen molar-refractivity contribution in [2.45, 2.75) is 71.8 Å². The van der Waals surface area contributed by atoms with Gasteiger partial charge in [0.05, 0.1) is 11.2 Å². The number of benzene rings is 1. The molecule has 3 nitrogen and oxygen atoms in total. The van der Waals surface area contributed by atoms with Gasteiger partial charge in [-0.2, -0.15) is 0 Å². The fraction of sp³-hybridized carbons (Fsp3) is 0.647. The molecule has 1 aliphatic heterocycles. The second-order valence-corrected chi connectivity index (χ2v) is 8.05. The molecule has 1 heterocycles. The van der Waals surface area contributed by atoms with Gasteiger partial charge in [-0.15, -0.1) is 12.4 Å². The van der Waals surface area contributed by atoms with Crippen LogP contribution >= 0.6 is 12.4 Å². The third-order valence-electron chi connectivity index (χ3n) is 4.39. The van der Waals surface area contributed by atoms with E-state index in [1.54, 1.807) is 6.07 Å². The third kappa shape index (κ3) is 4.69. The molecule has 1 aliphatic rings. The van der Waals surface area contributed by atoms with Gasteiger partial charge in [0, 0.05) is 17.5 Å². The lowest BCUT2D eigenvalue weighted by Gasteiger charge is -2.32. The molecule has 0 radical (unpaired) electrons. The van der Waals surface area contributed by atoms with Crippen LogP contribution in [0.3, 0.4) is 0 Å². The van der Waals surface area contributed by atoms with Crippen LogP contribution in [0.4, 0.5) is 4.39 Å². The smallest absolute Gasteiger partial charge is 0.399 e. The van der Waals surface area contributed by atoms with E-state index >= 15 is 0 Å². The molecule has 0 unspecified atom stereocenters. The molecular formula is C17H28BClFNO2. The molecular weight excluding hydrogens is 315 g/mol. The summed E-state index contributed by atoms with van der Waals surface area (Å²) < 4.78 is 26.1. The Hall–Kier alpha value is -0.615. The summed E-state index contributed by atoms with van der Waals surface area (Å²) >= 11 is 0. The SMILES string of the molecule is CC(C)(C)NCc1ccc(F)c(B2OC(C)(C)C(C)(C)O2)c1.Cl. The average molecular weight is 344 g/mol. The van der Waals surface area contributed by atoms with Crippen LogP contribution in [0.15, 0.2) is 18.2 Å². The van der Waals surface area contributed by atoms with Gasteiger partial charge in [-0.05, 0) is 60.1 Å². The molecule has 23 heavy (non-hydrogen) atoms. The van der Waals surface area contributed by atoms with Crippen molar-refractivity contribution in [3.8, 4) is 0 Å². The highest BCUT2D eigenvalue weighted by molar-refractivity contribution is 6.62. The van der Waals surface area contributed by atoms with E-state index in [1.807, 2.05) is 33.8 Å². The molecule has 130 valence electrons. The van der Waals surface area contributed by atoms with Crippen LogP contribution in [-0.4, -0.2) is 23.9 Å². The maximum absolute atomic E-state index is 14.2. The van der Waals surface area contributed by atoms with Crippen molar-refractivity contribution >= 4 is 25.0 Å². The maximum atomic E-state index is 14.2. The van der Waals surface area contributed by atoms with Gasteiger partial charge in [-0.25, -0.2) is 4.39 Å². The highest BCUT2D eigenvalue weighted by Crippen LogP contribution is 2.36. The van der Waals surface area contributed by atoms with E-state index in [-0.39, 0.29) is 23.8 Å². The normalized spacial score (nSPS) is 19.6. The van der Waals surface area contributed by atoms with Crippen LogP contribution in [0, 0.1) is 5.82 Å². The molecule has 0 atom stereocenters. The highest BCUT2D eigenvalue weighted by Gasteiger charge is 2.52. The molecule has 1 N–H and O–H groups in total. The van der Waals surface area contributed by atoms with Crippen molar-refractivity contribution in [2.24, 2.45) is 0 Å². The zero-order valence-electron chi connectivity index (χ0n) is 15.1. The Morgan fingerprint density at radius 2 is 1.61 bits per heavy atom. The summed E-state index contributed by atoms with van der Waals surface area (Å²) in [5.41, 5.74) is 0.555. The Balaban J connectivity index is 0.00000264. The summed E-state index contributed by atoms with van der Waals surface area (Å²) in [6, 6.07) is 5.11. The summed E-state index contributed by atoms with van der Waals surface area (Å²) in [5.74, 6) is -0.294. The quantitative estimate of drug-likeness (QED) is 0.853. The van der Waals surface area contributed by atoms with E-state index in [0.717, 1.165) is 5.56 Å². The van der Waals surface area contributed by atoms with Gasteiger partial charge in [0.15, 0.2) is 0 Å². The fourth-order valence-electron chi connectivity index (χ4n) is 2.22. The van der Waals surface area contributed by atoms with Crippen molar-refractivity contribution in [2.75, 3.05) is 0 Å². The van der Waals surface area contributed by atoms with Crippen LogP contribution in [0.5, 0.6) is 0 Å². The summed E-state index contributed by atoms with van der Waals surface area (Å²) in [5, 5.41) is 3.40. The summed E-state index contributed by atoms with van der Waals surface area (Å²) in [6.45, 7) is 14.9. The molecule has 0 bridgehead atoms. The van der Waals surface area contributed by atoms with E-state index < -0.39 is 18.3 Å². The van der Waals surface area contributed by atoms with Gasteiger partial charge in [-0.3, -0.25) is 0 Å². The molecule has 0 aromatic heterocycles. The van der Waals surface area contributed by atoms with Crippen molar-refractivity contribution in [1.29, 1.82) is 0 Å². The number of rotatable bonds is 3. The van der Waals surface area contributed by atoms with E-state index in [1.165, 1.54) is 6.07 Å². The van der Waals surface area contributed by atoms with E-state index in [2.05, 4.69) is 26.1 Å². The van der Waals surface area contributed by atoms with E-state index in [4.69, 9.17) is 9.31 Å². The van der Waals surface area contributed by atoms with Gasteiger partial charge < -0.3 is 14.6 Å². The van der Waals surface area contributed by atoms with Gasteiger partial charge in [-0.1, -0.05) is 12.1 Å². The Bertz CT molecular complexity index is 542. The maximum Gasteiger partial charge on any atom is 0.497 e. The average Bonchev–Trinajstić information content (AvgIpc) is 2.56. The Morgan fingerprint density at radius 1 is 1.09 bits per heavy atom. The van der Waals surface area contributed by atoms with Crippen LogP contribution in [0.25, 0.3) is 0 Å². The first kappa shape index (κ1) is 20.4. The van der Waals surface area contributed by atoms with Gasteiger partial charge >= 0.3 is 7.12 Å². The van der Waals surface area contributed by atoms with Gasteiger partial charge in [0.2, 0.25) is 0 Å². The number of hydrogen-bond acceptors (Lipinski definition) is 3. The Morgan fingerprint density at radius 3 is 2.09 bits per heavy atom. The van der Waals surface area contributed by atoms with Crippen molar-refractivity contribution in [3.63, 3.8) is 0 Å². The third-order valence-corrected chi connectivity index (χ3v) is 4.39. The molecule has 0 spiro atoms. The molecule has 0 saturated carbocycles. The molecule has 1 fully saturated rings. The van der Waals surface area contributed by atoms with Crippen LogP contribution in [0.2, 0.25) is 0 Å². The van der Waals surface area contributed by atoms with E-state index in [9.17, 15) is 4.39 Å². The highest BCUT2D eigenvalue weighted by atomic mass is 35.5. The minimum Gasteiger partial charge on any atom is -0.399 e. The number of hydrogen-bond donors (Lipinski definition) is 1. The predicted molar refractivity (Wildman–Crippen MR) is 96.0 cm³/mol. The number of nitrogens with one attached hydrogen (secondary N) is 1. The summed E-state index contributed by atoms with van der Waals surface area (Å²) in [4.78, 5) is 0. The van der Waals surface area contributed by atoms with Crippen LogP contribution in [0.1, 0.15) is 54.0 Å². The van der Waals surface area contributed by atoms with Crippen molar-refractivity contribution < 1.29 is 13.7 Å². The van der Waals surface area contributed by atoms with Crippen molar-refractivity contribution in [3.05, 3.63) is 29.6 Å². The Labute approximate surface area is 145 Å². The molecule has 1 saturated heterocycles. The second kappa shape index (κ2) is 6.71. The topological polar surface area (TPSA) is 30.5 Å². The first-order valence-electron chi connectivity index (χ1n) is 7.80. The van der Waals surface area contributed by atoms with E-state index in [0.29, 0.717) is 12.0 Å². The van der Waals surface area contributed by atoms with Crippen molar-refractivity contribution in [1.82, 2.24) is 5.32 Å². The molecule has 6 heteroatoms.